The smallest absolute Gasteiger partial charge is 0.251 e. The molecule has 0 spiro atoms. The topological polar surface area (TPSA) is 80.9 Å². The average Bonchev–Trinajstić information content (AvgIpc) is 2.39. The summed E-state index contributed by atoms with van der Waals surface area (Å²) in [6.45, 7) is 2.18. The van der Waals surface area contributed by atoms with Crippen LogP contribution in [0.25, 0.3) is 0 Å². The van der Waals surface area contributed by atoms with Crippen molar-refractivity contribution in [3.05, 3.63) is 51.9 Å². The van der Waals surface area contributed by atoms with Crippen molar-refractivity contribution in [2.45, 2.75) is 13.5 Å². The normalized spacial score (nSPS) is 10.2. The molecule has 2 rings (SSSR count). The molecule has 1 aromatic carbocycles. The van der Waals surface area contributed by atoms with Crippen molar-refractivity contribution in [3.8, 4) is 0 Å². The first-order chi connectivity index (χ1) is 9.06. The first kappa shape index (κ1) is 13.5. The van der Waals surface area contributed by atoms with Crippen molar-refractivity contribution < 1.29 is 4.79 Å². The number of carbonyl (C=O) groups excluding carboxylic acids is 1. The Labute approximate surface area is 119 Å². The van der Waals surface area contributed by atoms with E-state index in [1.54, 1.807) is 18.3 Å². The molecule has 2 aromatic rings. The molecule has 0 saturated carbocycles. The SMILES string of the molecule is Cc1cc(C(=O)NCc2nccc(N)n2)ccc1Br. The lowest BCUT2D eigenvalue weighted by molar-refractivity contribution is 0.0950. The monoisotopic (exact) mass is 320 g/mol. The van der Waals surface area contributed by atoms with E-state index in [1.807, 2.05) is 19.1 Å². The van der Waals surface area contributed by atoms with Crippen LogP contribution in [0, 0.1) is 6.92 Å². The average molecular weight is 321 g/mol. The van der Waals surface area contributed by atoms with E-state index in [4.69, 9.17) is 5.73 Å². The van der Waals surface area contributed by atoms with Crippen LogP contribution in [0.1, 0.15) is 21.7 Å². The molecule has 0 aliphatic carbocycles. The van der Waals surface area contributed by atoms with Gasteiger partial charge in [-0.05, 0) is 36.8 Å². The van der Waals surface area contributed by atoms with Gasteiger partial charge in [0.1, 0.15) is 11.6 Å². The number of anilines is 1. The number of benzene rings is 1. The highest BCUT2D eigenvalue weighted by molar-refractivity contribution is 9.10. The summed E-state index contributed by atoms with van der Waals surface area (Å²) in [5.74, 6) is 0.711. The third-order valence-electron chi connectivity index (χ3n) is 2.55. The number of aryl methyl sites for hydroxylation is 1. The maximum atomic E-state index is 12.0. The number of hydrogen-bond donors (Lipinski definition) is 2. The summed E-state index contributed by atoms with van der Waals surface area (Å²) in [4.78, 5) is 20.0. The fourth-order valence-corrected chi connectivity index (χ4v) is 1.79. The van der Waals surface area contributed by atoms with E-state index < -0.39 is 0 Å². The van der Waals surface area contributed by atoms with Gasteiger partial charge in [-0.15, -0.1) is 0 Å². The van der Waals surface area contributed by atoms with Crippen LogP contribution in [0.2, 0.25) is 0 Å². The molecule has 0 atom stereocenters. The first-order valence-electron chi connectivity index (χ1n) is 5.68. The Morgan fingerprint density at radius 3 is 2.89 bits per heavy atom. The fourth-order valence-electron chi connectivity index (χ4n) is 1.55. The molecule has 0 aliphatic heterocycles. The Morgan fingerprint density at radius 1 is 1.42 bits per heavy atom. The van der Waals surface area contributed by atoms with Gasteiger partial charge in [-0.25, -0.2) is 9.97 Å². The van der Waals surface area contributed by atoms with E-state index in [0.717, 1.165) is 10.0 Å². The second-order valence-corrected chi connectivity index (χ2v) is 4.90. The van der Waals surface area contributed by atoms with Gasteiger partial charge >= 0.3 is 0 Å². The minimum Gasteiger partial charge on any atom is -0.384 e. The van der Waals surface area contributed by atoms with Crippen LogP contribution in [0.4, 0.5) is 5.82 Å². The van der Waals surface area contributed by atoms with Gasteiger partial charge in [-0.1, -0.05) is 15.9 Å². The number of hydrogen-bond acceptors (Lipinski definition) is 4. The Bertz CT molecular complexity index is 615. The second-order valence-electron chi connectivity index (χ2n) is 4.04. The van der Waals surface area contributed by atoms with Gasteiger partial charge in [-0.2, -0.15) is 0 Å². The predicted octanol–water partition coefficient (Wildman–Crippen LogP) is 2.06. The molecule has 1 aromatic heterocycles. The molecular weight excluding hydrogens is 308 g/mol. The highest BCUT2D eigenvalue weighted by Gasteiger charge is 2.07. The number of halogens is 1. The van der Waals surface area contributed by atoms with Crippen LogP contribution >= 0.6 is 15.9 Å². The summed E-state index contributed by atoms with van der Waals surface area (Å²) in [6, 6.07) is 7.02. The molecule has 3 N–H and O–H groups in total. The van der Waals surface area contributed by atoms with Crippen molar-refractivity contribution in [1.82, 2.24) is 15.3 Å². The summed E-state index contributed by atoms with van der Waals surface area (Å²) in [5, 5.41) is 2.75. The van der Waals surface area contributed by atoms with Crippen LogP contribution in [0.5, 0.6) is 0 Å². The maximum absolute atomic E-state index is 12.0. The number of nitrogens with two attached hydrogens (primary N) is 1. The van der Waals surface area contributed by atoms with E-state index in [2.05, 4.69) is 31.2 Å². The van der Waals surface area contributed by atoms with E-state index in [9.17, 15) is 4.79 Å². The highest BCUT2D eigenvalue weighted by Crippen LogP contribution is 2.17. The third kappa shape index (κ3) is 3.51. The summed E-state index contributed by atoms with van der Waals surface area (Å²) < 4.78 is 0.975. The Kier molecular flexibility index (Phi) is 4.11. The summed E-state index contributed by atoms with van der Waals surface area (Å²) in [6.07, 6.45) is 1.56. The zero-order valence-corrected chi connectivity index (χ0v) is 11.9. The van der Waals surface area contributed by atoms with Crippen molar-refractivity contribution in [2.24, 2.45) is 0 Å². The standard InChI is InChI=1S/C13H13BrN4O/c1-8-6-9(2-3-10(8)14)13(19)17-7-12-16-5-4-11(15)18-12/h2-6H,7H2,1H3,(H,17,19)(H2,15,16,18). The lowest BCUT2D eigenvalue weighted by Gasteiger charge is -2.06. The second kappa shape index (κ2) is 5.79. The number of rotatable bonds is 3. The molecule has 0 fully saturated rings. The molecule has 1 heterocycles. The number of carbonyl (C=O) groups is 1. The van der Waals surface area contributed by atoms with Gasteiger partial charge in [0, 0.05) is 16.2 Å². The molecule has 0 radical (unpaired) electrons. The zero-order valence-electron chi connectivity index (χ0n) is 10.4. The van der Waals surface area contributed by atoms with Crippen LogP contribution in [0.3, 0.4) is 0 Å². The summed E-state index contributed by atoms with van der Waals surface area (Å²) in [5.41, 5.74) is 7.15. The fraction of sp³-hybridized carbons (Fsp3) is 0.154. The van der Waals surface area contributed by atoms with E-state index in [0.29, 0.717) is 17.2 Å². The van der Waals surface area contributed by atoms with Gasteiger partial charge in [-0.3, -0.25) is 4.79 Å². The molecule has 0 saturated heterocycles. The lowest BCUT2D eigenvalue weighted by atomic mass is 10.1. The van der Waals surface area contributed by atoms with Crippen molar-refractivity contribution in [1.29, 1.82) is 0 Å². The van der Waals surface area contributed by atoms with Crippen LogP contribution < -0.4 is 11.1 Å². The molecule has 0 unspecified atom stereocenters. The number of nitrogens with zero attached hydrogens (tertiary/aromatic N) is 2. The molecule has 98 valence electrons. The van der Waals surface area contributed by atoms with Crippen molar-refractivity contribution >= 4 is 27.7 Å². The van der Waals surface area contributed by atoms with Crippen molar-refractivity contribution in [3.63, 3.8) is 0 Å². The zero-order chi connectivity index (χ0) is 13.8. The van der Waals surface area contributed by atoms with Crippen molar-refractivity contribution in [2.75, 3.05) is 5.73 Å². The Morgan fingerprint density at radius 2 is 2.21 bits per heavy atom. The Balaban J connectivity index is 2.03. The van der Waals surface area contributed by atoms with Gasteiger partial charge in [0.15, 0.2) is 0 Å². The lowest BCUT2D eigenvalue weighted by Crippen LogP contribution is -2.24. The first-order valence-corrected chi connectivity index (χ1v) is 6.47. The molecular formula is C13H13BrN4O. The Hall–Kier alpha value is -1.95. The third-order valence-corrected chi connectivity index (χ3v) is 3.44. The van der Waals surface area contributed by atoms with E-state index in [-0.39, 0.29) is 12.5 Å². The van der Waals surface area contributed by atoms with Crippen LogP contribution in [-0.4, -0.2) is 15.9 Å². The van der Waals surface area contributed by atoms with Crippen LogP contribution in [-0.2, 0) is 6.54 Å². The number of aromatic nitrogens is 2. The minimum atomic E-state index is -0.165. The van der Waals surface area contributed by atoms with E-state index in [1.165, 1.54) is 0 Å². The molecule has 5 nitrogen and oxygen atoms in total. The number of nitrogens with one attached hydrogen (secondary N) is 1. The molecule has 0 aliphatic rings. The number of nitrogen functional groups attached to an aromatic ring is 1. The van der Waals surface area contributed by atoms with Gasteiger partial charge in [0.25, 0.3) is 5.91 Å². The van der Waals surface area contributed by atoms with Gasteiger partial charge in [0.2, 0.25) is 0 Å². The van der Waals surface area contributed by atoms with E-state index >= 15 is 0 Å². The highest BCUT2D eigenvalue weighted by atomic mass is 79.9. The molecule has 0 bridgehead atoms. The maximum Gasteiger partial charge on any atom is 0.251 e. The van der Waals surface area contributed by atoms with Gasteiger partial charge in [0.05, 0.1) is 6.54 Å². The minimum absolute atomic E-state index is 0.165. The summed E-state index contributed by atoms with van der Waals surface area (Å²) >= 11 is 3.40. The van der Waals surface area contributed by atoms with Gasteiger partial charge < -0.3 is 11.1 Å². The molecule has 19 heavy (non-hydrogen) atoms. The largest absolute Gasteiger partial charge is 0.384 e. The van der Waals surface area contributed by atoms with Crippen LogP contribution in [0.15, 0.2) is 34.9 Å². The summed E-state index contributed by atoms with van der Waals surface area (Å²) in [7, 11) is 0. The molecule has 1 amide bonds. The number of amides is 1. The molecule has 6 heteroatoms. The predicted molar refractivity (Wildman–Crippen MR) is 76.5 cm³/mol. The quantitative estimate of drug-likeness (QED) is 0.907.